The molecule has 10 rings (SSSR count). The smallest absolute Gasteiger partial charge is 0.101 e. The van der Waals surface area contributed by atoms with Crippen LogP contribution < -0.4 is 0 Å². The van der Waals surface area contributed by atoms with Crippen LogP contribution in [-0.4, -0.2) is 14.1 Å². The van der Waals surface area contributed by atoms with Gasteiger partial charge in [0.1, 0.15) is 6.07 Å². The van der Waals surface area contributed by atoms with Crippen molar-refractivity contribution in [1.29, 1.82) is 5.26 Å². The highest BCUT2D eigenvalue weighted by Gasteiger charge is 2.22. The maximum Gasteiger partial charge on any atom is 0.101 e. The lowest BCUT2D eigenvalue weighted by Crippen LogP contribution is -2.04. The van der Waals surface area contributed by atoms with Gasteiger partial charge in [-0.25, -0.2) is 0 Å². The van der Waals surface area contributed by atoms with Gasteiger partial charge in [0.15, 0.2) is 0 Å². The average Bonchev–Trinajstić information content (AvgIpc) is 3.73. The monoisotopic (exact) mass is 662 g/mol. The Kier molecular flexibility index (Phi) is 6.84. The number of rotatable bonds is 5. The molecule has 4 heteroatoms. The Morgan fingerprint density at radius 2 is 0.904 bits per heavy atom. The Hall–Kier alpha value is -7.22. The highest BCUT2D eigenvalue weighted by atomic mass is 15.0. The molecular formula is C48H30N4. The van der Waals surface area contributed by atoms with E-state index in [2.05, 4.69) is 172 Å². The van der Waals surface area contributed by atoms with Gasteiger partial charge < -0.3 is 9.13 Å². The lowest BCUT2D eigenvalue weighted by atomic mass is 10.00. The number of pyridine rings is 1. The minimum Gasteiger partial charge on any atom is -0.309 e. The van der Waals surface area contributed by atoms with Crippen LogP contribution in [0.4, 0.5) is 0 Å². The van der Waals surface area contributed by atoms with Crippen molar-refractivity contribution in [1.82, 2.24) is 14.1 Å². The van der Waals surface area contributed by atoms with Crippen molar-refractivity contribution in [2.24, 2.45) is 0 Å². The number of fused-ring (bicyclic) bond motifs is 6. The van der Waals surface area contributed by atoms with Crippen molar-refractivity contribution >= 4 is 43.6 Å². The van der Waals surface area contributed by atoms with E-state index in [1.54, 1.807) is 6.20 Å². The summed E-state index contributed by atoms with van der Waals surface area (Å²) >= 11 is 0. The summed E-state index contributed by atoms with van der Waals surface area (Å²) in [5, 5.41) is 15.5. The summed E-state index contributed by atoms with van der Waals surface area (Å²) in [5.41, 5.74) is 13.2. The van der Waals surface area contributed by atoms with Gasteiger partial charge in [-0.15, -0.1) is 0 Å². The highest BCUT2D eigenvalue weighted by Crippen LogP contribution is 2.42. The first-order valence-electron chi connectivity index (χ1n) is 17.4. The minimum atomic E-state index is 0.587. The van der Waals surface area contributed by atoms with E-state index in [-0.39, 0.29) is 0 Å². The molecule has 3 aromatic heterocycles. The summed E-state index contributed by atoms with van der Waals surface area (Å²) in [6.07, 6.45) is 3.71. The van der Waals surface area contributed by atoms with E-state index in [1.165, 1.54) is 16.7 Å². The van der Waals surface area contributed by atoms with Gasteiger partial charge in [-0.2, -0.15) is 5.26 Å². The number of nitriles is 1. The maximum atomic E-state index is 10.9. The van der Waals surface area contributed by atoms with Crippen LogP contribution in [0.25, 0.3) is 88.4 Å². The fourth-order valence-corrected chi connectivity index (χ4v) is 7.87. The van der Waals surface area contributed by atoms with Gasteiger partial charge in [0.2, 0.25) is 0 Å². The molecule has 0 aliphatic rings. The zero-order valence-electron chi connectivity index (χ0n) is 28.1. The Morgan fingerprint density at radius 1 is 0.404 bits per heavy atom. The first kappa shape index (κ1) is 29.7. The van der Waals surface area contributed by atoms with Crippen molar-refractivity contribution < 1.29 is 0 Å². The van der Waals surface area contributed by atoms with Crippen LogP contribution in [-0.2, 0) is 0 Å². The van der Waals surface area contributed by atoms with Crippen molar-refractivity contribution in [2.75, 3.05) is 0 Å². The number of aromatic nitrogens is 3. The average molecular weight is 663 g/mol. The fourth-order valence-electron chi connectivity index (χ4n) is 7.87. The SMILES string of the molecule is N#Cc1cc(-n2c3ccccc3c3cc(-c4ccccc4)ccc32)c(-c2cccnc2)cc1-n1c2ccccc2c2cc(-c3ccccc3)ccc21. The summed E-state index contributed by atoms with van der Waals surface area (Å²) in [4.78, 5) is 4.55. The van der Waals surface area contributed by atoms with E-state index < -0.39 is 0 Å². The lowest BCUT2D eigenvalue weighted by Gasteiger charge is -2.18. The quantitative estimate of drug-likeness (QED) is 0.184. The fraction of sp³-hybridized carbons (Fsp3) is 0. The number of hydrogen-bond acceptors (Lipinski definition) is 2. The first-order valence-corrected chi connectivity index (χ1v) is 17.4. The molecular weight excluding hydrogens is 633 g/mol. The van der Waals surface area contributed by atoms with Gasteiger partial charge in [0.05, 0.1) is 39.0 Å². The molecule has 3 heterocycles. The first-order chi connectivity index (χ1) is 25.8. The topological polar surface area (TPSA) is 46.5 Å². The number of benzene rings is 7. The Balaban J connectivity index is 1.27. The molecule has 0 spiro atoms. The van der Waals surface area contributed by atoms with Gasteiger partial charge in [-0.1, -0.05) is 115 Å². The molecule has 0 aliphatic carbocycles. The summed E-state index contributed by atoms with van der Waals surface area (Å²) < 4.78 is 4.56. The third-order valence-electron chi connectivity index (χ3n) is 10.2. The zero-order valence-corrected chi connectivity index (χ0v) is 28.1. The number of para-hydroxylation sites is 2. The van der Waals surface area contributed by atoms with Crippen molar-refractivity contribution in [3.63, 3.8) is 0 Å². The van der Waals surface area contributed by atoms with Crippen molar-refractivity contribution in [3.8, 4) is 50.8 Å². The van der Waals surface area contributed by atoms with Crippen molar-refractivity contribution in [2.45, 2.75) is 0 Å². The van der Waals surface area contributed by atoms with E-state index in [0.717, 1.165) is 71.7 Å². The van der Waals surface area contributed by atoms with Crippen LogP contribution in [0.5, 0.6) is 0 Å². The Morgan fingerprint density at radius 3 is 1.44 bits per heavy atom. The van der Waals surface area contributed by atoms with Crippen LogP contribution in [0.2, 0.25) is 0 Å². The third-order valence-corrected chi connectivity index (χ3v) is 10.2. The molecule has 0 unspecified atom stereocenters. The van der Waals surface area contributed by atoms with E-state index in [1.807, 2.05) is 24.4 Å². The zero-order chi connectivity index (χ0) is 34.6. The maximum absolute atomic E-state index is 10.9. The minimum absolute atomic E-state index is 0.587. The molecule has 0 aliphatic heterocycles. The van der Waals surface area contributed by atoms with E-state index in [0.29, 0.717) is 5.56 Å². The molecule has 7 aromatic carbocycles. The molecule has 52 heavy (non-hydrogen) atoms. The standard InChI is InChI=1S/C48H30N4/c49-30-37-28-48(52-44-20-10-8-18-39(44)42-27-35(22-24-46(42)52)33-14-5-2-6-15-33)40(36-16-11-25-50-31-36)29-47(37)51-43-19-9-7-17-38(43)41-26-34(21-23-45(41)51)32-12-3-1-4-13-32/h1-29,31H. The van der Waals surface area contributed by atoms with Crippen LogP contribution in [0.1, 0.15) is 5.56 Å². The Labute approximate surface area is 300 Å². The van der Waals surface area contributed by atoms with Gasteiger partial charge >= 0.3 is 0 Å². The second-order valence-electron chi connectivity index (χ2n) is 13.1. The van der Waals surface area contributed by atoms with E-state index in [9.17, 15) is 5.26 Å². The largest absolute Gasteiger partial charge is 0.309 e. The third kappa shape index (κ3) is 4.65. The summed E-state index contributed by atoms with van der Waals surface area (Å²) in [5.74, 6) is 0. The molecule has 0 fully saturated rings. The summed E-state index contributed by atoms with van der Waals surface area (Å²) in [6.45, 7) is 0. The Bertz CT molecular complexity index is 3000. The highest BCUT2D eigenvalue weighted by molar-refractivity contribution is 6.12. The molecule has 0 N–H and O–H groups in total. The predicted octanol–water partition coefficient (Wildman–Crippen LogP) is 12.1. The predicted molar refractivity (Wildman–Crippen MR) is 214 cm³/mol. The van der Waals surface area contributed by atoms with Crippen LogP contribution >= 0.6 is 0 Å². The second-order valence-corrected chi connectivity index (χ2v) is 13.1. The van der Waals surface area contributed by atoms with Crippen LogP contribution in [0.15, 0.2) is 182 Å². The molecule has 4 nitrogen and oxygen atoms in total. The molecule has 0 amide bonds. The van der Waals surface area contributed by atoms with E-state index in [4.69, 9.17) is 0 Å². The van der Waals surface area contributed by atoms with Gasteiger partial charge in [0.25, 0.3) is 0 Å². The second kappa shape index (κ2) is 12.0. The van der Waals surface area contributed by atoms with Gasteiger partial charge in [-0.3, -0.25) is 4.98 Å². The van der Waals surface area contributed by atoms with Crippen LogP contribution in [0.3, 0.4) is 0 Å². The number of hydrogen-bond donors (Lipinski definition) is 0. The van der Waals surface area contributed by atoms with Crippen molar-refractivity contribution in [3.05, 3.63) is 188 Å². The van der Waals surface area contributed by atoms with Gasteiger partial charge in [-0.05, 0) is 76.9 Å². The van der Waals surface area contributed by atoms with Gasteiger partial charge in [0, 0.05) is 45.1 Å². The van der Waals surface area contributed by atoms with Crippen LogP contribution in [0, 0.1) is 11.3 Å². The summed E-state index contributed by atoms with van der Waals surface area (Å²) in [7, 11) is 0. The normalized spacial score (nSPS) is 11.4. The molecule has 10 aromatic rings. The molecule has 242 valence electrons. The number of nitrogens with zero attached hydrogens (tertiary/aromatic N) is 4. The van der Waals surface area contributed by atoms with E-state index >= 15 is 0 Å². The molecule has 0 saturated carbocycles. The molecule has 0 saturated heterocycles. The summed E-state index contributed by atoms with van der Waals surface area (Å²) in [6, 6.07) is 62.2. The molecule has 0 radical (unpaired) electrons. The molecule has 0 atom stereocenters. The lowest BCUT2D eigenvalue weighted by molar-refractivity contribution is 1.13. The molecule has 0 bridgehead atoms.